The van der Waals surface area contributed by atoms with Crippen molar-refractivity contribution in [3.63, 3.8) is 0 Å². The van der Waals surface area contributed by atoms with Crippen molar-refractivity contribution in [3.8, 4) is 11.1 Å². The second kappa shape index (κ2) is 13.3. The second-order valence-electron chi connectivity index (χ2n) is 12.2. The lowest BCUT2D eigenvalue weighted by atomic mass is 9.83. The molecule has 4 aromatic rings. The maximum absolute atomic E-state index is 13.3. The summed E-state index contributed by atoms with van der Waals surface area (Å²) in [5.41, 5.74) is 4.11. The minimum Gasteiger partial charge on any atom is -0.466 e. The summed E-state index contributed by atoms with van der Waals surface area (Å²) in [7, 11) is 0. The van der Waals surface area contributed by atoms with Gasteiger partial charge >= 0.3 is 12.1 Å². The fourth-order valence-corrected chi connectivity index (χ4v) is 6.28. The number of benzene rings is 4. The molecule has 1 fully saturated rings. The summed E-state index contributed by atoms with van der Waals surface area (Å²) in [5, 5.41) is 2.46. The van der Waals surface area contributed by atoms with Gasteiger partial charge in [0.15, 0.2) is 0 Å². The molecule has 1 aliphatic rings. The number of nitrogens with zero attached hydrogens (tertiary/aromatic N) is 1. The van der Waals surface area contributed by atoms with Gasteiger partial charge < -0.3 is 4.74 Å². The predicted octanol–water partition coefficient (Wildman–Crippen LogP) is 9.60. The van der Waals surface area contributed by atoms with Crippen LogP contribution in [0.1, 0.15) is 74.1 Å². The molecule has 3 nitrogen and oxygen atoms in total. The number of hydrogen-bond acceptors (Lipinski definition) is 3. The molecule has 5 rings (SSSR count). The number of carbonyl (C=O) groups is 1. The van der Waals surface area contributed by atoms with Crippen molar-refractivity contribution in [3.05, 3.63) is 107 Å². The number of esters is 1. The van der Waals surface area contributed by atoms with Crippen LogP contribution in [0.25, 0.3) is 21.9 Å². The molecule has 2 atom stereocenters. The normalized spacial score (nSPS) is 16.9. The molecule has 0 aromatic heterocycles. The van der Waals surface area contributed by atoms with Crippen LogP contribution in [0.5, 0.6) is 0 Å². The third-order valence-corrected chi connectivity index (χ3v) is 8.40. The van der Waals surface area contributed by atoms with Crippen LogP contribution in [-0.2, 0) is 22.3 Å². The fourth-order valence-electron chi connectivity index (χ4n) is 6.28. The average molecular weight is 588 g/mol. The van der Waals surface area contributed by atoms with E-state index in [2.05, 4.69) is 73.3 Å². The Morgan fingerprint density at radius 2 is 1.67 bits per heavy atom. The Morgan fingerprint density at radius 3 is 2.37 bits per heavy atom. The molecule has 0 bridgehead atoms. The van der Waals surface area contributed by atoms with E-state index in [1.54, 1.807) is 6.92 Å². The van der Waals surface area contributed by atoms with Crippen LogP contribution < -0.4 is 0 Å². The predicted molar refractivity (Wildman–Crippen MR) is 167 cm³/mol. The van der Waals surface area contributed by atoms with Gasteiger partial charge in [-0.1, -0.05) is 80.6 Å². The van der Waals surface area contributed by atoms with Crippen molar-refractivity contribution in [2.75, 3.05) is 19.7 Å². The Balaban J connectivity index is 1.48. The highest BCUT2D eigenvalue weighted by Gasteiger charge is 2.31. The topological polar surface area (TPSA) is 29.5 Å². The number of carbonyl (C=O) groups excluding carboxylic acids is 1. The zero-order valence-electron chi connectivity index (χ0n) is 25.2. The first-order valence-electron chi connectivity index (χ1n) is 15.3. The molecule has 0 amide bonds. The minimum absolute atomic E-state index is 0.240. The smallest absolute Gasteiger partial charge is 0.416 e. The number of likely N-dealkylation sites (tertiary alicyclic amines) is 1. The number of hydrogen-bond donors (Lipinski definition) is 0. The number of piperidine rings is 1. The zero-order chi connectivity index (χ0) is 30.6. The van der Waals surface area contributed by atoms with Crippen LogP contribution in [0, 0.1) is 5.92 Å². The number of alkyl halides is 3. The molecule has 0 radical (unpaired) electrons. The molecule has 1 heterocycles. The van der Waals surface area contributed by atoms with Gasteiger partial charge in [-0.25, -0.2) is 0 Å². The summed E-state index contributed by atoms with van der Waals surface area (Å²) < 4.78 is 45.4. The largest absolute Gasteiger partial charge is 0.466 e. The van der Waals surface area contributed by atoms with E-state index in [-0.39, 0.29) is 17.8 Å². The molecule has 1 aliphatic heterocycles. The highest BCUT2D eigenvalue weighted by atomic mass is 19.4. The Morgan fingerprint density at radius 1 is 0.930 bits per heavy atom. The maximum Gasteiger partial charge on any atom is 0.416 e. The number of rotatable bonds is 9. The molecule has 0 saturated carbocycles. The number of ether oxygens (including phenoxy) is 1. The molecule has 4 aromatic carbocycles. The zero-order valence-corrected chi connectivity index (χ0v) is 25.2. The summed E-state index contributed by atoms with van der Waals surface area (Å²) in [6, 6.07) is 26.5. The maximum atomic E-state index is 13.3. The Kier molecular flexibility index (Phi) is 9.55. The van der Waals surface area contributed by atoms with Crippen LogP contribution in [0.15, 0.2) is 84.9 Å². The molecular weight excluding hydrogens is 547 g/mol. The van der Waals surface area contributed by atoms with E-state index < -0.39 is 17.7 Å². The summed E-state index contributed by atoms with van der Waals surface area (Å²) in [6.45, 7) is 9.00. The van der Waals surface area contributed by atoms with Crippen molar-refractivity contribution in [1.29, 1.82) is 0 Å². The molecule has 2 unspecified atom stereocenters. The minimum atomic E-state index is -4.39. The van der Waals surface area contributed by atoms with Gasteiger partial charge in [0, 0.05) is 13.1 Å². The van der Waals surface area contributed by atoms with Crippen molar-refractivity contribution in [2.24, 2.45) is 5.92 Å². The second-order valence-corrected chi connectivity index (χ2v) is 12.2. The molecule has 1 saturated heterocycles. The van der Waals surface area contributed by atoms with E-state index in [4.69, 9.17) is 4.74 Å². The van der Waals surface area contributed by atoms with E-state index in [0.717, 1.165) is 61.3 Å². The molecule has 6 heteroatoms. The monoisotopic (exact) mass is 587 g/mol. The number of halogens is 3. The van der Waals surface area contributed by atoms with Crippen molar-refractivity contribution < 1.29 is 22.7 Å². The third kappa shape index (κ3) is 7.66. The van der Waals surface area contributed by atoms with Gasteiger partial charge in [-0.3, -0.25) is 9.69 Å². The highest BCUT2D eigenvalue weighted by molar-refractivity contribution is 5.83. The van der Waals surface area contributed by atoms with Gasteiger partial charge in [0.2, 0.25) is 0 Å². The summed E-state index contributed by atoms with van der Waals surface area (Å²) in [5.74, 6) is -0.192. The van der Waals surface area contributed by atoms with Crippen LogP contribution in [0.2, 0.25) is 0 Å². The average Bonchev–Trinajstić information content (AvgIpc) is 2.99. The molecule has 43 heavy (non-hydrogen) atoms. The summed E-state index contributed by atoms with van der Waals surface area (Å²) in [4.78, 5) is 15.6. The van der Waals surface area contributed by atoms with E-state index in [9.17, 15) is 18.0 Å². The van der Waals surface area contributed by atoms with Crippen molar-refractivity contribution >= 4 is 16.7 Å². The summed E-state index contributed by atoms with van der Waals surface area (Å²) >= 11 is 0. The first-order valence-corrected chi connectivity index (χ1v) is 15.3. The first kappa shape index (κ1) is 30.8. The standard InChI is InChI=1S/C37H40F3NO2/c1-4-43-36(42)35(18-25(2)3)33-21-31(28-13-15-34(16-14-28)37(38,39)40)20-32(22-33)30-10-7-17-41(24-30)23-26-11-12-27-8-5-6-9-29(27)19-26/h5-6,8-9,11-16,19-22,25,30,35H,4,7,10,17-18,23-24H2,1-3H3. The lowest BCUT2D eigenvalue weighted by molar-refractivity contribution is -0.145. The molecule has 0 spiro atoms. The van der Waals surface area contributed by atoms with Gasteiger partial charge in [-0.2, -0.15) is 13.2 Å². The molecular formula is C37H40F3NO2. The SMILES string of the molecule is CCOC(=O)C(CC(C)C)c1cc(-c2ccc(C(F)(F)F)cc2)cc(C2CCCN(Cc3ccc4ccccc4c3)C2)c1. The fraction of sp³-hybridized carbons (Fsp3) is 0.378. The quantitative estimate of drug-likeness (QED) is 0.183. The van der Waals surface area contributed by atoms with E-state index >= 15 is 0 Å². The molecule has 0 N–H and O–H groups in total. The Labute approximate surface area is 252 Å². The van der Waals surface area contributed by atoms with E-state index in [0.29, 0.717) is 18.6 Å². The van der Waals surface area contributed by atoms with E-state index in [1.165, 1.54) is 28.5 Å². The van der Waals surface area contributed by atoms with Gasteiger partial charge in [0.05, 0.1) is 18.1 Å². The van der Waals surface area contributed by atoms with Crippen LogP contribution >= 0.6 is 0 Å². The molecule has 0 aliphatic carbocycles. The van der Waals surface area contributed by atoms with Gasteiger partial charge in [-0.05, 0) is 101 Å². The lowest BCUT2D eigenvalue weighted by Gasteiger charge is -2.34. The van der Waals surface area contributed by atoms with E-state index in [1.807, 2.05) is 6.07 Å². The first-order chi connectivity index (χ1) is 20.6. The van der Waals surface area contributed by atoms with Gasteiger partial charge in [0.1, 0.15) is 0 Å². The molecule has 226 valence electrons. The Bertz CT molecular complexity index is 1540. The van der Waals surface area contributed by atoms with Crippen LogP contribution in [0.3, 0.4) is 0 Å². The number of fused-ring (bicyclic) bond motifs is 1. The van der Waals surface area contributed by atoms with Crippen molar-refractivity contribution in [2.45, 2.75) is 64.6 Å². The Hall–Kier alpha value is -3.64. The third-order valence-electron chi connectivity index (χ3n) is 8.40. The van der Waals surface area contributed by atoms with Crippen LogP contribution in [-0.4, -0.2) is 30.6 Å². The summed E-state index contributed by atoms with van der Waals surface area (Å²) in [6.07, 6.45) is -1.70. The lowest BCUT2D eigenvalue weighted by Crippen LogP contribution is -2.34. The van der Waals surface area contributed by atoms with Gasteiger partial charge in [-0.15, -0.1) is 0 Å². The van der Waals surface area contributed by atoms with Crippen molar-refractivity contribution in [1.82, 2.24) is 4.90 Å². The van der Waals surface area contributed by atoms with Crippen LogP contribution in [0.4, 0.5) is 13.2 Å². The highest BCUT2D eigenvalue weighted by Crippen LogP contribution is 2.37. The van der Waals surface area contributed by atoms with Gasteiger partial charge in [0.25, 0.3) is 0 Å².